The Balaban J connectivity index is 1.54. The minimum absolute atomic E-state index is 0.243. The highest BCUT2D eigenvalue weighted by Crippen LogP contribution is 2.18. The molecule has 22 heavy (non-hydrogen) atoms. The number of anilines is 2. The summed E-state index contributed by atoms with van der Waals surface area (Å²) in [5.74, 6) is 0.990. The fourth-order valence-corrected chi connectivity index (χ4v) is 2.48. The number of nitrogens with zero attached hydrogens (tertiary/aromatic N) is 3. The van der Waals surface area contributed by atoms with Gasteiger partial charge in [0.15, 0.2) is 0 Å². The maximum absolute atomic E-state index is 11.9. The normalized spacial score (nSPS) is 13.9. The molecule has 3 heterocycles. The summed E-state index contributed by atoms with van der Waals surface area (Å²) in [6.07, 6.45) is 7.51. The van der Waals surface area contributed by atoms with Gasteiger partial charge in [-0.3, -0.25) is 4.98 Å². The Morgan fingerprint density at radius 3 is 2.86 bits per heavy atom. The first-order valence-electron chi connectivity index (χ1n) is 7.46. The molecule has 1 fully saturated rings. The van der Waals surface area contributed by atoms with Crippen LogP contribution in [0.5, 0.6) is 0 Å². The van der Waals surface area contributed by atoms with Crippen molar-refractivity contribution in [2.75, 3.05) is 23.3 Å². The van der Waals surface area contributed by atoms with Gasteiger partial charge in [0, 0.05) is 32.0 Å². The largest absolute Gasteiger partial charge is 0.357 e. The SMILES string of the molecule is O=C(NCc1ccnc(N2CCCC2)c1)Nc1cccnc1. The van der Waals surface area contributed by atoms with Crippen molar-refractivity contribution < 1.29 is 4.79 Å². The summed E-state index contributed by atoms with van der Waals surface area (Å²) < 4.78 is 0. The van der Waals surface area contributed by atoms with E-state index < -0.39 is 0 Å². The molecule has 0 spiro atoms. The molecule has 6 heteroatoms. The molecule has 0 saturated carbocycles. The average Bonchev–Trinajstić information content (AvgIpc) is 3.09. The van der Waals surface area contributed by atoms with Gasteiger partial charge in [-0.15, -0.1) is 0 Å². The van der Waals surface area contributed by atoms with Gasteiger partial charge in [-0.25, -0.2) is 9.78 Å². The van der Waals surface area contributed by atoms with E-state index in [0.717, 1.165) is 24.5 Å². The summed E-state index contributed by atoms with van der Waals surface area (Å²) in [6, 6.07) is 7.29. The molecule has 2 N–H and O–H groups in total. The van der Waals surface area contributed by atoms with Crippen LogP contribution in [0.15, 0.2) is 42.9 Å². The van der Waals surface area contributed by atoms with Crippen LogP contribution in [0.3, 0.4) is 0 Å². The van der Waals surface area contributed by atoms with Crippen LogP contribution < -0.4 is 15.5 Å². The molecule has 0 bridgehead atoms. The minimum atomic E-state index is -0.243. The van der Waals surface area contributed by atoms with Crippen molar-refractivity contribution in [3.63, 3.8) is 0 Å². The highest BCUT2D eigenvalue weighted by atomic mass is 16.2. The van der Waals surface area contributed by atoms with Crippen LogP contribution in [-0.4, -0.2) is 29.1 Å². The average molecular weight is 297 g/mol. The molecule has 2 amide bonds. The number of carbonyl (C=O) groups is 1. The second-order valence-electron chi connectivity index (χ2n) is 5.27. The van der Waals surface area contributed by atoms with Crippen molar-refractivity contribution in [2.45, 2.75) is 19.4 Å². The molecule has 0 aliphatic carbocycles. The molecular formula is C16H19N5O. The van der Waals surface area contributed by atoms with E-state index in [9.17, 15) is 4.79 Å². The maximum Gasteiger partial charge on any atom is 0.319 e. The fraction of sp³-hybridized carbons (Fsp3) is 0.312. The number of carbonyl (C=O) groups excluding carboxylic acids is 1. The monoisotopic (exact) mass is 297 g/mol. The zero-order chi connectivity index (χ0) is 15.2. The summed E-state index contributed by atoms with van der Waals surface area (Å²) >= 11 is 0. The molecule has 0 aromatic carbocycles. The molecular weight excluding hydrogens is 278 g/mol. The molecule has 1 aliphatic heterocycles. The van der Waals surface area contributed by atoms with Gasteiger partial charge >= 0.3 is 6.03 Å². The first kappa shape index (κ1) is 14.3. The topological polar surface area (TPSA) is 70.2 Å². The second-order valence-corrected chi connectivity index (χ2v) is 5.27. The van der Waals surface area contributed by atoms with Crippen LogP contribution in [0.4, 0.5) is 16.3 Å². The van der Waals surface area contributed by atoms with Crippen molar-refractivity contribution in [1.29, 1.82) is 0 Å². The molecule has 0 unspecified atom stereocenters. The second kappa shape index (κ2) is 6.89. The van der Waals surface area contributed by atoms with Gasteiger partial charge in [-0.2, -0.15) is 0 Å². The van der Waals surface area contributed by atoms with E-state index in [1.54, 1.807) is 30.7 Å². The van der Waals surface area contributed by atoms with Crippen molar-refractivity contribution in [1.82, 2.24) is 15.3 Å². The van der Waals surface area contributed by atoms with E-state index in [2.05, 4.69) is 25.5 Å². The Bertz CT molecular complexity index is 625. The third kappa shape index (κ3) is 3.72. The van der Waals surface area contributed by atoms with Crippen molar-refractivity contribution in [3.05, 3.63) is 48.4 Å². The summed E-state index contributed by atoms with van der Waals surface area (Å²) in [5, 5.41) is 5.58. The Labute approximate surface area is 129 Å². The number of hydrogen-bond acceptors (Lipinski definition) is 4. The van der Waals surface area contributed by atoms with Gasteiger partial charge in [-0.1, -0.05) is 0 Å². The maximum atomic E-state index is 11.9. The van der Waals surface area contributed by atoms with Gasteiger partial charge in [-0.05, 0) is 42.7 Å². The number of aromatic nitrogens is 2. The molecule has 0 atom stereocenters. The van der Waals surface area contributed by atoms with E-state index in [4.69, 9.17) is 0 Å². The van der Waals surface area contributed by atoms with Gasteiger partial charge in [0.05, 0.1) is 11.9 Å². The number of amides is 2. The lowest BCUT2D eigenvalue weighted by atomic mass is 10.2. The van der Waals surface area contributed by atoms with Crippen molar-refractivity contribution in [2.24, 2.45) is 0 Å². The minimum Gasteiger partial charge on any atom is -0.357 e. The summed E-state index contributed by atoms with van der Waals surface area (Å²) in [7, 11) is 0. The number of urea groups is 1. The number of hydrogen-bond donors (Lipinski definition) is 2. The van der Waals surface area contributed by atoms with Gasteiger partial charge in [0.25, 0.3) is 0 Å². The molecule has 0 radical (unpaired) electrons. The zero-order valence-electron chi connectivity index (χ0n) is 12.3. The van der Waals surface area contributed by atoms with Gasteiger partial charge < -0.3 is 15.5 Å². The van der Waals surface area contributed by atoms with E-state index >= 15 is 0 Å². The van der Waals surface area contributed by atoms with Gasteiger partial charge in [0.2, 0.25) is 0 Å². The first-order valence-corrected chi connectivity index (χ1v) is 7.46. The lowest BCUT2D eigenvalue weighted by molar-refractivity contribution is 0.251. The summed E-state index contributed by atoms with van der Waals surface area (Å²) in [6.45, 7) is 2.59. The Hall–Kier alpha value is -2.63. The quantitative estimate of drug-likeness (QED) is 0.909. The van der Waals surface area contributed by atoms with E-state index in [0.29, 0.717) is 12.2 Å². The molecule has 1 aliphatic rings. The van der Waals surface area contributed by atoms with Crippen LogP contribution in [0, 0.1) is 0 Å². The fourth-order valence-electron chi connectivity index (χ4n) is 2.48. The standard InChI is InChI=1S/C16H19N5O/c22-16(20-14-4-3-6-17-12-14)19-11-13-5-7-18-15(10-13)21-8-1-2-9-21/h3-7,10,12H,1-2,8-9,11H2,(H2,19,20,22). The lowest BCUT2D eigenvalue weighted by Gasteiger charge is -2.17. The summed E-state index contributed by atoms with van der Waals surface area (Å²) in [4.78, 5) is 22.5. The molecule has 2 aromatic rings. The van der Waals surface area contributed by atoms with Crippen molar-refractivity contribution >= 4 is 17.5 Å². The molecule has 1 saturated heterocycles. The van der Waals surface area contributed by atoms with Crippen LogP contribution in [-0.2, 0) is 6.54 Å². The molecule has 2 aromatic heterocycles. The third-order valence-electron chi connectivity index (χ3n) is 3.61. The zero-order valence-corrected chi connectivity index (χ0v) is 12.3. The predicted molar refractivity (Wildman–Crippen MR) is 85.8 cm³/mol. The highest BCUT2D eigenvalue weighted by Gasteiger charge is 2.13. The smallest absolute Gasteiger partial charge is 0.319 e. The van der Waals surface area contributed by atoms with Crippen LogP contribution in [0.2, 0.25) is 0 Å². The summed E-state index contributed by atoms with van der Waals surface area (Å²) in [5.41, 5.74) is 1.71. The van der Waals surface area contributed by atoms with Crippen LogP contribution in [0.1, 0.15) is 18.4 Å². The Kier molecular flexibility index (Phi) is 4.48. The van der Waals surface area contributed by atoms with Crippen molar-refractivity contribution in [3.8, 4) is 0 Å². The van der Waals surface area contributed by atoms with Crippen LogP contribution >= 0.6 is 0 Å². The third-order valence-corrected chi connectivity index (χ3v) is 3.61. The van der Waals surface area contributed by atoms with Crippen LogP contribution in [0.25, 0.3) is 0 Å². The predicted octanol–water partition coefficient (Wildman–Crippen LogP) is 2.40. The number of pyridine rings is 2. The van der Waals surface area contributed by atoms with E-state index in [-0.39, 0.29) is 6.03 Å². The van der Waals surface area contributed by atoms with Gasteiger partial charge in [0.1, 0.15) is 5.82 Å². The number of nitrogens with one attached hydrogen (secondary N) is 2. The number of rotatable bonds is 4. The lowest BCUT2D eigenvalue weighted by Crippen LogP contribution is -2.28. The molecule has 114 valence electrons. The Morgan fingerprint density at radius 2 is 2.09 bits per heavy atom. The molecule has 6 nitrogen and oxygen atoms in total. The first-order chi connectivity index (χ1) is 10.8. The molecule has 3 rings (SSSR count). The van der Waals surface area contributed by atoms with E-state index in [1.807, 2.05) is 12.1 Å². The van der Waals surface area contributed by atoms with E-state index in [1.165, 1.54) is 12.8 Å². The highest BCUT2D eigenvalue weighted by molar-refractivity contribution is 5.88. The Morgan fingerprint density at radius 1 is 1.23 bits per heavy atom.